The van der Waals surface area contributed by atoms with Gasteiger partial charge in [-0.05, 0) is 44.1 Å². The van der Waals surface area contributed by atoms with Gasteiger partial charge < -0.3 is 4.98 Å². The molecule has 1 aliphatic heterocycles. The molecule has 0 saturated carbocycles. The maximum absolute atomic E-state index is 4.61. The van der Waals surface area contributed by atoms with E-state index in [2.05, 4.69) is 56.3 Å². The molecule has 1 N–H and O–H groups in total. The number of rotatable bonds is 4. The van der Waals surface area contributed by atoms with Crippen LogP contribution in [0.2, 0.25) is 0 Å². The smallest absolute Gasteiger partial charge is 0.0897 e. The number of hydrogen-bond donors (Lipinski definition) is 1. The van der Waals surface area contributed by atoms with E-state index in [4.69, 9.17) is 0 Å². The monoisotopic (exact) mass is 340 g/mol. The molecule has 126 valence electrons. The van der Waals surface area contributed by atoms with Crippen LogP contribution in [0.1, 0.15) is 22.7 Å². The summed E-state index contributed by atoms with van der Waals surface area (Å²) >= 11 is 1.75. The van der Waals surface area contributed by atoms with Gasteiger partial charge in [0.1, 0.15) is 0 Å². The van der Waals surface area contributed by atoms with Gasteiger partial charge in [0, 0.05) is 48.7 Å². The Morgan fingerprint density at radius 2 is 1.92 bits per heavy atom. The molecule has 4 rings (SSSR count). The first-order valence-electron chi connectivity index (χ1n) is 8.68. The molecular formula is C19H24N4S. The Morgan fingerprint density at radius 1 is 1.08 bits per heavy atom. The van der Waals surface area contributed by atoms with Gasteiger partial charge in [0.2, 0.25) is 0 Å². The summed E-state index contributed by atoms with van der Waals surface area (Å²) in [5.74, 6) is 0. The predicted molar refractivity (Wildman–Crippen MR) is 100 cm³/mol. The molecule has 0 bridgehead atoms. The van der Waals surface area contributed by atoms with Crippen molar-refractivity contribution in [2.24, 2.45) is 0 Å². The van der Waals surface area contributed by atoms with E-state index >= 15 is 0 Å². The highest BCUT2D eigenvalue weighted by Gasteiger charge is 2.16. The number of aromatic nitrogens is 2. The van der Waals surface area contributed by atoms with Crippen molar-refractivity contribution in [1.29, 1.82) is 0 Å². The number of fused-ring (bicyclic) bond motifs is 1. The van der Waals surface area contributed by atoms with Gasteiger partial charge >= 0.3 is 0 Å². The summed E-state index contributed by atoms with van der Waals surface area (Å²) in [7, 11) is 0. The van der Waals surface area contributed by atoms with E-state index in [0.717, 1.165) is 26.2 Å². The maximum atomic E-state index is 4.61. The second kappa shape index (κ2) is 7.05. The molecule has 1 aliphatic rings. The molecule has 0 aliphatic carbocycles. The van der Waals surface area contributed by atoms with Crippen molar-refractivity contribution in [1.82, 2.24) is 19.8 Å². The lowest BCUT2D eigenvalue weighted by Crippen LogP contribution is -2.30. The first-order valence-corrected chi connectivity index (χ1v) is 9.56. The quantitative estimate of drug-likeness (QED) is 0.787. The van der Waals surface area contributed by atoms with Gasteiger partial charge in [0.15, 0.2) is 0 Å². The largest absolute Gasteiger partial charge is 0.361 e. The number of benzene rings is 1. The average molecular weight is 340 g/mol. The SMILES string of the molecule is Cc1nc(CN2CCCN(Cc3cccc4[nH]ccc34)CC2)cs1. The molecular weight excluding hydrogens is 316 g/mol. The third-order valence-corrected chi connectivity index (χ3v) is 5.63. The normalized spacial score (nSPS) is 17.4. The molecule has 1 fully saturated rings. The zero-order valence-corrected chi connectivity index (χ0v) is 15.0. The fraction of sp³-hybridized carbons (Fsp3) is 0.421. The van der Waals surface area contributed by atoms with Crippen LogP contribution < -0.4 is 0 Å². The first-order chi connectivity index (χ1) is 11.8. The second-order valence-corrected chi connectivity index (χ2v) is 7.68. The number of nitrogens with one attached hydrogen (secondary N) is 1. The minimum Gasteiger partial charge on any atom is -0.361 e. The van der Waals surface area contributed by atoms with Crippen LogP contribution in [0, 0.1) is 6.92 Å². The summed E-state index contributed by atoms with van der Waals surface area (Å²) in [6, 6.07) is 8.76. The molecule has 1 aromatic carbocycles. The highest BCUT2D eigenvalue weighted by molar-refractivity contribution is 7.09. The second-order valence-electron chi connectivity index (χ2n) is 6.62. The van der Waals surface area contributed by atoms with Gasteiger partial charge in [0.25, 0.3) is 0 Å². The molecule has 0 unspecified atom stereocenters. The zero-order valence-electron chi connectivity index (χ0n) is 14.2. The van der Waals surface area contributed by atoms with Crippen molar-refractivity contribution in [3.63, 3.8) is 0 Å². The molecule has 1 saturated heterocycles. The Morgan fingerprint density at radius 3 is 2.71 bits per heavy atom. The number of hydrogen-bond acceptors (Lipinski definition) is 4. The van der Waals surface area contributed by atoms with Gasteiger partial charge in [-0.1, -0.05) is 12.1 Å². The van der Waals surface area contributed by atoms with Crippen molar-refractivity contribution in [3.05, 3.63) is 52.1 Å². The Bertz CT molecular complexity index is 806. The standard InChI is InChI=1S/C19H24N4S/c1-15-21-17(14-24-15)13-23-9-3-8-22(10-11-23)12-16-4-2-5-19-18(16)6-7-20-19/h2,4-7,14,20H,3,8-13H2,1H3. The lowest BCUT2D eigenvalue weighted by atomic mass is 10.1. The molecule has 4 nitrogen and oxygen atoms in total. The van der Waals surface area contributed by atoms with E-state index in [1.54, 1.807) is 11.3 Å². The molecule has 0 atom stereocenters. The van der Waals surface area contributed by atoms with Crippen molar-refractivity contribution in [2.75, 3.05) is 26.2 Å². The molecule has 5 heteroatoms. The lowest BCUT2D eigenvalue weighted by molar-refractivity contribution is 0.246. The molecule has 3 aromatic rings. The zero-order chi connectivity index (χ0) is 16.4. The van der Waals surface area contributed by atoms with Crippen molar-refractivity contribution in [3.8, 4) is 0 Å². The van der Waals surface area contributed by atoms with Crippen LogP contribution in [0.5, 0.6) is 0 Å². The van der Waals surface area contributed by atoms with E-state index in [0.29, 0.717) is 0 Å². The number of aryl methyl sites for hydroxylation is 1. The number of nitrogens with zero attached hydrogens (tertiary/aromatic N) is 3. The molecule has 2 aromatic heterocycles. The third kappa shape index (κ3) is 3.53. The summed E-state index contributed by atoms with van der Waals surface area (Å²) in [4.78, 5) is 13.1. The predicted octanol–water partition coefficient (Wildman–Crippen LogP) is 3.64. The topological polar surface area (TPSA) is 35.2 Å². The van der Waals surface area contributed by atoms with Gasteiger partial charge in [-0.3, -0.25) is 9.80 Å². The average Bonchev–Trinajstić information content (AvgIpc) is 3.15. The van der Waals surface area contributed by atoms with E-state index in [-0.39, 0.29) is 0 Å². The van der Waals surface area contributed by atoms with Crippen LogP contribution in [-0.4, -0.2) is 45.9 Å². The van der Waals surface area contributed by atoms with E-state index in [1.165, 1.54) is 46.7 Å². The molecule has 0 radical (unpaired) electrons. The Kier molecular flexibility index (Phi) is 4.65. The van der Waals surface area contributed by atoms with Crippen LogP contribution in [0.4, 0.5) is 0 Å². The summed E-state index contributed by atoms with van der Waals surface area (Å²) in [5, 5.41) is 4.72. The van der Waals surface area contributed by atoms with Gasteiger partial charge in [-0.2, -0.15) is 0 Å². The van der Waals surface area contributed by atoms with E-state index in [9.17, 15) is 0 Å². The summed E-state index contributed by atoms with van der Waals surface area (Å²) in [5.41, 5.74) is 3.89. The Labute approximate surface area is 147 Å². The highest BCUT2D eigenvalue weighted by Crippen LogP contribution is 2.20. The van der Waals surface area contributed by atoms with Gasteiger partial charge in [-0.15, -0.1) is 11.3 Å². The third-order valence-electron chi connectivity index (χ3n) is 4.81. The van der Waals surface area contributed by atoms with Gasteiger partial charge in [0.05, 0.1) is 10.7 Å². The fourth-order valence-electron chi connectivity index (χ4n) is 3.58. The minimum absolute atomic E-state index is 0.992. The van der Waals surface area contributed by atoms with Crippen LogP contribution in [0.25, 0.3) is 10.9 Å². The number of H-pyrrole nitrogens is 1. The summed E-state index contributed by atoms with van der Waals surface area (Å²) in [6.07, 6.45) is 3.26. The Hall–Kier alpha value is -1.69. The van der Waals surface area contributed by atoms with Crippen LogP contribution in [0.3, 0.4) is 0 Å². The van der Waals surface area contributed by atoms with Crippen molar-refractivity contribution >= 4 is 22.2 Å². The first kappa shape index (κ1) is 15.8. The molecule has 0 amide bonds. The highest BCUT2D eigenvalue weighted by atomic mass is 32.1. The van der Waals surface area contributed by atoms with Crippen molar-refractivity contribution in [2.45, 2.75) is 26.4 Å². The van der Waals surface area contributed by atoms with Gasteiger partial charge in [-0.25, -0.2) is 4.98 Å². The maximum Gasteiger partial charge on any atom is 0.0897 e. The molecule has 24 heavy (non-hydrogen) atoms. The number of thiazole rings is 1. The lowest BCUT2D eigenvalue weighted by Gasteiger charge is -2.21. The van der Waals surface area contributed by atoms with Crippen molar-refractivity contribution < 1.29 is 0 Å². The number of aromatic amines is 1. The van der Waals surface area contributed by atoms with E-state index in [1.807, 2.05) is 6.20 Å². The summed E-state index contributed by atoms with van der Waals surface area (Å²) in [6.45, 7) is 8.71. The minimum atomic E-state index is 0.992. The summed E-state index contributed by atoms with van der Waals surface area (Å²) < 4.78 is 0. The van der Waals surface area contributed by atoms with Crippen LogP contribution in [-0.2, 0) is 13.1 Å². The molecule has 3 heterocycles. The Balaban J connectivity index is 1.39. The fourth-order valence-corrected chi connectivity index (χ4v) is 4.18. The molecule has 0 spiro atoms. The van der Waals surface area contributed by atoms with Crippen LogP contribution >= 0.6 is 11.3 Å². The van der Waals surface area contributed by atoms with Crippen LogP contribution in [0.15, 0.2) is 35.8 Å². The van der Waals surface area contributed by atoms with E-state index < -0.39 is 0 Å².